The van der Waals surface area contributed by atoms with E-state index in [-0.39, 0.29) is 21.1 Å². The van der Waals surface area contributed by atoms with Gasteiger partial charge in [0.25, 0.3) is 0 Å². The van der Waals surface area contributed by atoms with Gasteiger partial charge in [0.15, 0.2) is 0 Å². The van der Waals surface area contributed by atoms with Gasteiger partial charge in [-0.15, -0.1) is 0 Å². The quantitative estimate of drug-likeness (QED) is 0.195. The van der Waals surface area contributed by atoms with E-state index in [0.29, 0.717) is 0 Å². The summed E-state index contributed by atoms with van der Waals surface area (Å²) in [6, 6.07) is 33.2. The van der Waals surface area contributed by atoms with Crippen molar-refractivity contribution in [2.24, 2.45) is 0 Å². The molecule has 0 radical (unpaired) electrons. The molecule has 3 rings (SSSR count). The van der Waals surface area contributed by atoms with Crippen molar-refractivity contribution >= 4 is 31.8 Å². The summed E-state index contributed by atoms with van der Waals surface area (Å²) in [5.74, 6) is 0. The molecule has 0 aliphatic rings. The van der Waals surface area contributed by atoms with E-state index in [0.717, 1.165) is 0 Å². The van der Waals surface area contributed by atoms with Crippen molar-refractivity contribution in [3.63, 3.8) is 0 Å². The molecule has 0 aromatic heterocycles. The molecule has 1 atom stereocenters. The fourth-order valence-electron chi connectivity index (χ4n) is 2.91. The fourth-order valence-corrected chi connectivity index (χ4v) is 8.56. The molecule has 0 saturated carbocycles. The zero-order valence-electron chi connectivity index (χ0n) is 17.6. The molecular formula is C25H24MoO4P2+6. The van der Waals surface area contributed by atoms with Crippen molar-refractivity contribution in [3.05, 3.63) is 118 Å². The Labute approximate surface area is 207 Å². The van der Waals surface area contributed by atoms with Crippen molar-refractivity contribution in [3.8, 4) is 0 Å². The molecule has 0 heterocycles. The second-order valence-electron chi connectivity index (χ2n) is 5.86. The maximum atomic E-state index is 7.50. The third kappa shape index (κ3) is 13.6. The second kappa shape index (κ2) is 25.4. The van der Waals surface area contributed by atoms with Gasteiger partial charge < -0.3 is 0 Å². The van der Waals surface area contributed by atoms with Crippen LogP contribution in [0.3, 0.4) is 0 Å². The Bertz CT molecular complexity index is 819. The standard InChI is InChI=1S/C21H22P2.4CO.Mo/c1-22(19-11-5-2-6-12-19)17-18-23(20-13-7-3-8-14-20)21-15-9-4-10-16-21;4*1-2;/h2-16H,17-18H2,1H3;;;;;/q;;;;;+4/p+2. The largest absolute Gasteiger partial charge is 4.00 e. The van der Waals surface area contributed by atoms with Gasteiger partial charge in [-0.2, -0.15) is 0 Å². The van der Waals surface area contributed by atoms with E-state index in [9.17, 15) is 0 Å². The van der Waals surface area contributed by atoms with E-state index in [1.807, 2.05) is 0 Å². The Hall–Kier alpha value is -1.83. The molecule has 32 heavy (non-hydrogen) atoms. The summed E-state index contributed by atoms with van der Waals surface area (Å²) < 4.78 is 30.0. The first-order valence-corrected chi connectivity index (χ1v) is 12.9. The van der Waals surface area contributed by atoms with Crippen molar-refractivity contribution < 1.29 is 39.7 Å². The van der Waals surface area contributed by atoms with Crippen LogP contribution in [0.1, 0.15) is 0 Å². The van der Waals surface area contributed by atoms with Crippen molar-refractivity contribution in [2.75, 3.05) is 19.0 Å². The molecule has 0 bridgehead atoms. The van der Waals surface area contributed by atoms with Gasteiger partial charge in [-0.05, 0) is 36.4 Å². The summed E-state index contributed by atoms with van der Waals surface area (Å²) in [6.07, 6.45) is 2.66. The second-order valence-corrected chi connectivity index (χ2v) is 11.1. The zero-order valence-corrected chi connectivity index (χ0v) is 21.6. The zero-order chi connectivity index (χ0) is 23.9. The SMILES string of the molecule is C[PH+](CC[PH+](c1ccccc1)c1ccccc1)c1ccccc1.[C-]#[O+].[C-]#[O+].[C-]#[O+].[C-]#[O+].[Mo+4]. The van der Waals surface area contributed by atoms with Crippen LogP contribution in [0.2, 0.25) is 0 Å². The van der Waals surface area contributed by atoms with Crippen LogP contribution in [-0.2, 0) is 39.7 Å². The van der Waals surface area contributed by atoms with E-state index in [2.05, 4.69) is 124 Å². The average molecular weight is 546 g/mol. The van der Waals surface area contributed by atoms with E-state index >= 15 is 0 Å². The molecule has 3 aromatic carbocycles. The van der Waals surface area contributed by atoms with Crippen LogP contribution in [-0.4, -0.2) is 19.0 Å². The van der Waals surface area contributed by atoms with Crippen LogP contribution in [0.4, 0.5) is 0 Å². The molecule has 0 aliphatic heterocycles. The van der Waals surface area contributed by atoms with Gasteiger partial charge in [0.05, 0.1) is 36.7 Å². The molecule has 3 aromatic rings. The predicted molar refractivity (Wildman–Crippen MR) is 126 cm³/mol. The molecule has 7 heteroatoms. The van der Waals surface area contributed by atoms with Crippen molar-refractivity contribution in [1.29, 1.82) is 0 Å². The first kappa shape index (κ1) is 34.8. The van der Waals surface area contributed by atoms with Crippen LogP contribution < -0.4 is 15.9 Å². The maximum Gasteiger partial charge on any atom is 4.00 e. The van der Waals surface area contributed by atoms with Crippen molar-refractivity contribution in [2.45, 2.75) is 0 Å². The van der Waals surface area contributed by atoms with Gasteiger partial charge in [0.2, 0.25) is 0 Å². The van der Waals surface area contributed by atoms with Crippen LogP contribution in [0.15, 0.2) is 91.0 Å². The molecule has 0 fully saturated rings. The molecule has 0 saturated heterocycles. The van der Waals surface area contributed by atoms with E-state index in [1.165, 1.54) is 22.9 Å². The van der Waals surface area contributed by atoms with E-state index in [4.69, 9.17) is 18.6 Å². The van der Waals surface area contributed by atoms with E-state index in [1.54, 1.807) is 5.30 Å². The number of rotatable bonds is 6. The molecule has 0 amide bonds. The van der Waals surface area contributed by atoms with Crippen LogP contribution in [0.5, 0.6) is 0 Å². The van der Waals surface area contributed by atoms with E-state index < -0.39 is 15.8 Å². The Kier molecular flexibility index (Phi) is 27.6. The Balaban J connectivity index is -0.000000844. The topological polar surface area (TPSA) is 79.6 Å². The molecule has 0 N–H and O–H groups in total. The maximum absolute atomic E-state index is 7.50. The molecule has 0 aliphatic carbocycles. The van der Waals surface area contributed by atoms with Crippen molar-refractivity contribution in [1.82, 2.24) is 0 Å². The van der Waals surface area contributed by atoms with Gasteiger partial charge in [-0.3, -0.25) is 0 Å². The Morgan fingerprint density at radius 2 is 0.781 bits per heavy atom. The molecular weight excluding hydrogens is 522 g/mol. The summed E-state index contributed by atoms with van der Waals surface area (Å²) >= 11 is 0. The smallest absolute Gasteiger partial charge is 4.00 e. The average Bonchev–Trinajstić information content (AvgIpc) is 2.90. The van der Waals surface area contributed by atoms with Gasteiger partial charge in [0.1, 0.15) is 6.16 Å². The summed E-state index contributed by atoms with van der Waals surface area (Å²) in [4.78, 5) is 0. The fraction of sp³-hybridized carbons (Fsp3) is 0.120. The first-order chi connectivity index (χ1) is 15.3. The Morgan fingerprint density at radius 3 is 1.09 bits per heavy atom. The monoisotopic (exact) mass is 548 g/mol. The van der Waals surface area contributed by atoms with Gasteiger partial charge in [-0.1, -0.05) is 54.6 Å². The minimum atomic E-state index is -0.676. The van der Waals surface area contributed by atoms with Gasteiger partial charge >= 0.3 is 66.3 Å². The van der Waals surface area contributed by atoms with Crippen LogP contribution in [0, 0.1) is 26.6 Å². The normalized spacial score (nSPS) is 9.06. The third-order valence-electron chi connectivity index (χ3n) is 4.26. The van der Waals surface area contributed by atoms with Gasteiger partial charge in [-0.25, -0.2) is 0 Å². The summed E-state index contributed by atoms with van der Waals surface area (Å²) in [7, 11) is -1.13. The molecule has 4 nitrogen and oxygen atoms in total. The first-order valence-electron chi connectivity index (χ1n) is 9.01. The minimum absolute atomic E-state index is 0. The summed E-state index contributed by atoms with van der Waals surface area (Å²) in [5.41, 5.74) is 0. The number of benzene rings is 3. The molecule has 0 spiro atoms. The van der Waals surface area contributed by atoms with Crippen LogP contribution in [0.25, 0.3) is 0 Å². The summed E-state index contributed by atoms with van der Waals surface area (Å²) in [6.45, 7) is 20.5. The number of hydrogen-bond donors (Lipinski definition) is 0. The molecule has 158 valence electrons. The minimum Gasteiger partial charge on any atom is 4.00 e. The Morgan fingerprint density at radius 1 is 0.500 bits per heavy atom. The van der Waals surface area contributed by atoms with Gasteiger partial charge in [0, 0.05) is 7.92 Å². The summed E-state index contributed by atoms with van der Waals surface area (Å²) in [5, 5.41) is 4.62. The predicted octanol–water partition coefficient (Wildman–Crippen LogP) is 3.87. The molecule has 1 unspecified atom stereocenters. The third-order valence-corrected chi connectivity index (χ3v) is 9.89. The van der Waals surface area contributed by atoms with Crippen LogP contribution >= 0.6 is 15.8 Å². The number of hydrogen-bond acceptors (Lipinski definition) is 0.